The van der Waals surface area contributed by atoms with Crippen molar-refractivity contribution in [3.8, 4) is 0 Å². The van der Waals surface area contributed by atoms with E-state index in [-0.39, 0.29) is 5.25 Å². The summed E-state index contributed by atoms with van der Waals surface area (Å²) in [6, 6.07) is 10.0. The van der Waals surface area contributed by atoms with Crippen LogP contribution in [0.4, 0.5) is 5.69 Å². The van der Waals surface area contributed by atoms with Gasteiger partial charge in [0.1, 0.15) is 0 Å². The van der Waals surface area contributed by atoms with E-state index >= 15 is 0 Å². The van der Waals surface area contributed by atoms with Crippen LogP contribution in [0.1, 0.15) is 12.8 Å². The first-order valence-corrected chi connectivity index (χ1v) is 7.52. The molecule has 0 bridgehead atoms. The van der Waals surface area contributed by atoms with Crippen LogP contribution in [0.3, 0.4) is 0 Å². The van der Waals surface area contributed by atoms with Gasteiger partial charge in [0.2, 0.25) is 0 Å². The molecule has 0 unspecified atom stereocenters. The van der Waals surface area contributed by atoms with Crippen LogP contribution in [0.5, 0.6) is 0 Å². The van der Waals surface area contributed by atoms with Gasteiger partial charge in [-0.1, -0.05) is 18.2 Å². The molecule has 3 nitrogen and oxygen atoms in total. The third-order valence-electron chi connectivity index (χ3n) is 3.10. The highest BCUT2D eigenvalue weighted by molar-refractivity contribution is 7.91. The maximum Gasteiger partial charge on any atom is 0.152 e. The highest BCUT2D eigenvalue weighted by Gasteiger charge is 2.27. The van der Waals surface area contributed by atoms with Gasteiger partial charge in [-0.25, -0.2) is 8.42 Å². The van der Waals surface area contributed by atoms with Gasteiger partial charge in [-0.3, -0.25) is 0 Å². The van der Waals surface area contributed by atoms with Crippen LogP contribution in [-0.2, 0) is 9.84 Å². The van der Waals surface area contributed by atoms with Crippen molar-refractivity contribution < 1.29 is 8.42 Å². The first-order chi connectivity index (χ1) is 7.57. The molecular weight excluding hydrogens is 222 g/mol. The van der Waals surface area contributed by atoms with Crippen LogP contribution in [0.15, 0.2) is 30.3 Å². The van der Waals surface area contributed by atoms with Crippen LogP contribution < -0.4 is 4.90 Å². The molecule has 0 saturated carbocycles. The molecule has 1 saturated heterocycles. The first kappa shape index (κ1) is 11.5. The standard InChI is InChI=1S/C12H17NO2S/c1-16(14,15)12-8-5-9-13(10-12)11-6-3-2-4-7-11/h2-4,6-7,12H,5,8-10H2,1H3/t12-/m1/s1. The number of rotatable bonds is 2. The average Bonchev–Trinajstić information content (AvgIpc) is 2.29. The van der Waals surface area contributed by atoms with E-state index in [9.17, 15) is 8.42 Å². The fraction of sp³-hybridized carbons (Fsp3) is 0.500. The summed E-state index contributed by atoms with van der Waals surface area (Å²) in [7, 11) is -2.91. The van der Waals surface area contributed by atoms with E-state index in [1.807, 2.05) is 30.3 Å². The van der Waals surface area contributed by atoms with Crippen molar-refractivity contribution in [2.75, 3.05) is 24.2 Å². The molecule has 1 heterocycles. The number of benzene rings is 1. The molecule has 2 rings (SSSR count). The summed E-state index contributed by atoms with van der Waals surface area (Å²) < 4.78 is 23.1. The largest absolute Gasteiger partial charge is 0.370 e. The van der Waals surface area contributed by atoms with Gasteiger partial charge in [0.05, 0.1) is 5.25 Å². The smallest absolute Gasteiger partial charge is 0.152 e. The first-order valence-electron chi connectivity index (χ1n) is 5.56. The summed E-state index contributed by atoms with van der Waals surface area (Å²) in [5.74, 6) is 0. The summed E-state index contributed by atoms with van der Waals surface area (Å²) >= 11 is 0. The molecule has 0 aromatic heterocycles. The van der Waals surface area contributed by atoms with E-state index in [1.54, 1.807) is 0 Å². The molecule has 0 amide bonds. The number of anilines is 1. The molecule has 1 aliphatic rings. The van der Waals surface area contributed by atoms with Gasteiger partial charge < -0.3 is 4.90 Å². The molecule has 0 aliphatic carbocycles. The Kier molecular flexibility index (Phi) is 3.19. The van der Waals surface area contributed by atoms with Gasteiger partial charge in [0.25, 0.3) is 0 Å². The second-order valence-electron chi connectivity index (χ2n) is 4.38. The fourth-order valence-electron chi connectivity index (χ4n) is 2.16. The molecule has 1 aromatic carbocycles. The summed E-state index contributed by atoms with van der Waals surface area (Å²) in [5, 5.41) is -0.207. The number of hydrogen-bond donors (Lipinski definition) is 0. The Labute approximate surface area is 97.0 Å². The summed E-state index contributed by atoms with van der Waals surface area (Å²) in [6.45, 7) is 1.58. The van der Waals surface area contributed by atoms with E-state index in [4.69, 9.17) is 0 Å². The van der Waals surface area contributed by atoms with Crippen molar-refractivity contribution in [2.45, 2.75) is 18.1 Å². The predicted octanol–water partition coefficient (Wildman–Crippen LogP) is 1.70. The highest BCUT2D eigenvalue weighted by Crippen LogP contribution is 2.22. The van der Waals surface area contributed by atoms with Crippen LogP contribution >= 0.6 is 0 Å². The lowest BCUT2D eigenvalue weighted by molar-refractivity contribution is 0.536. The Morgan fingerprint density at radius 1 is 1.25 bits per heavy atom. The molecule has 88 valence electrons. The zero-order chi connectivity index (χ0) is 11.6. The Balaban J connectivity index is 2.14. The van der Waals surface area contributed by atoms with Gasteiger partial charge in [-0.15, -0.1) is 0 Å². The van der Waals surface area contributed by atoms with Gasteiger partial charge in [-0.2, -0.15) is 0 Å². The van der Waals surface area contributed by atoms with E-state index in [2.05, 4.69) is 4.90 Å². The lowest BCUT2D eigenvalue weighted by Crippen LogP contribution is -2.41. The second kappa shape index (κ2) is 4.45. The Hall–Kier alpha value is -1.03. The average molecular weight is 239 g/mol. The van der Waals surface area contributed by atoms with Crippen molar-refractivity contribution in [3.63, 3.8) is 0 Å². The Morgan fingerprint density at radius 3 is 2.56 bits per heavy atom. The number of para-hydroxylation sites is 1. The van der Waals surface area contributed by atoms with E-state index < -0.39 is 9.84 Å². The molecule has 1 fully saturated rings. The zero-order valence-corrected chi connectivity index (χ0v) is 10.3. The van der Waals surface area contributed by atoms with E-state index in [0.29, 0.717) is 6.54 Å². The third kappa shape index (κ3) is 2.55. The van der Waals surface area contributed by atoms with Gasteiger partial charge >= 0.3 is 0 Å². The molecule has 1 aliphatic heterocycles. The Morgan fingerprint density at radius 2 is 1.94 bits per heavy atom. The maximum atomic E-state index is 11.5. The van der Waals surface area contributed by atoms with Gasteiger partial charge in [0, 0.05) is 25.0 Å². The minimum absolute atomic E-state index is 0.207. The van der Waals surface area contributed by atoms with Crippen molar-refractivity contribution in [1.82, 2.24) is 0 Å². The van der Waals surface area contributed by atoms with Crippen molar-refractivity contribution in [2.24, 2.45) is 0 Å². The minimum Gasteiger partial charge on any atom is -0.370 e. The SMILES string of the molecule is CS(=O)(=O)[C@@H]1CCCN(c2ccccc2)C1. The lowest BCUT2D eigenvalue weighted by Gasteiger charge is -2.33. The summed E-state index contributed by atoms with van der Waals surface area (Å²) in [6.07, 6.45) is 3.08. The van der Waals surface area contributed by atoms with Crippen LogP contribution in [-0.4, -0.2) is 33.0 Å². The van der Waals surface area contributed by atoms with Crippen molar-refractivity contribution in [1.29, 1.82) is 0 Å². The maximum absolute atomic E-state index is 11.5. The molecule has 0 N–H and O–H groups in total. The number of sulfone groups is 1. The van der Waals surface area contributed by atoms with E-state index in [0.717, 1.165) is 25.1 Å². The Bertz CT molecular complexity index is 441. The molecule has 0 spiro atoms. The summed E-state index contributed by atoms with van der Waals surface area (Å²) in [5.41, 5.74) is 1.12. The second-order valence-corrected chi connectivity index (χ2v) is 6.70. The molecule has 4 heteroatoms. The van der Waals surface area contributed by atoms with Crippen molar-refractivity contribution in [3.05, 3.63) is 30.3 Å². The third-order valence-corrected chi connectivity index (χ3v) is 4.70. The highest BCUT2D eigenvalue weighted by atomic mass is 32.2. The van der Waals surface area contributed by atoms with Crippen LogP contribution in [0.2, 0.25) is 0 Å². The zero-order valence-electron chi connectivity index (χ0n) is 9.46. The normalized spacial score (nSPS) is 22.1. The number of nitrogens with zero attached hydrogens (tertiary/aromatic N) is 1. The predicted molar refractivity (Wildman–Crippen MR) is 66.5 cm³/mol. The van der Waals surface area contributed by atoms with Crippen molar-refractivity contribution >= 4 is 15.5 Å². The van der Waals surface area contributed by atoms with E-state index in [1.165, 1.54) is 6.26 Å². The fourth-order valence-corrected chi connectivity index (χ4v) is 3.21. The quantitative estimate of drug-likeness (QED) is 0.788. The number of piperidine rings is 1. The molecule has 0 radical (unpaired) electrons. The summed E-state index contributed by atoms with van der Waals surface area (Å²) in [4.78, 5) is 2.16. The topological polar surface area (TPSA) is 37.4 Å². The molecule has 16 heavy (non-hydrogen) atoms. The monoisotopic (exact) mass is 239 g/mol. The molecule has 1 aromatic rings. The van der Waals surface area contributed by atoms with Gasteiger partial charge in [0.15, 0.2) is 9.84 Å². The number of hydrogen-bond acceptors (Lipinski definition) is 3. The molecular formula is C12H17NO2S. The lowest BCUT2D eigenvalue weighted by atomic mass is 10.1. The van der Waals surface area contributed by atoms with Gasteiger partial charge in [-0.05, 0) is 25.0 Å². The molecule has 1 atom stereocenters. The van der Waals surface area contributed by atoms with Crippen LogP contribution in [0, 0.1) is 0 Å². The minimum atomic E-state index is -2.91. The van der Waals surface area contributed by atoms with Crippen LogP contribution in [0.25, 0.3) is 0 Å².